The van der Waals surface area contributed by atoms with E-state index < -0.39 is 10.8 Å². The first-order chi connectivity index (χ1) is 11.3. The van der Waals surface area contributed by atoms with Gasteiger partial charge in [-0.1, -0.05) is 13.8 Å². The van der Waals surface area contributed by atoms with Gasteiger partial charge in [0, 0.05) is 18.2 Å². The molecule has 0 spiro atoms. The summed E-state index contributed by atoms with van der Waals surface area (Å²) in [5.41, 5.74) is 1.10. The van der Waals surface area contributed by atoms with Crippen LogP contribution < -0.4 is 0 Å². The number of carbonyl (C=O) groups is 1. The van der Waals surface area contributed by atoms with E-state index in [-0.39, 0.29) is 16.5 Å². The van der Waals surface area contributed by atoms with Crippen molar-refractivity contribution in [2.45, 2.75) is 56.9 Å². The van der Waals surface area contributed by atoms with Crippen LogP contribution in [0.25, 0.3) is 11.2 Å². The molecule has 2 aromatic heterocycles. The number of aryl methyl sites for hydroxylation is 2. The Labute approximate surface area is 148 Å². The summed E-state index contributed by atoms with van der Waals surface area (Å²) in [6.07, 6.45) is 1.83. The topological polar surface area (TPSA) is 87.0 Å². The van der Waals surface area contributed by atoms with E-state index in [0.29, 0.717) is 35.6 Å². The molecular formula is C15H21ClN4O3S. The fourth-order valence-corrected chi connectivity index (χ4v) is 3.60. The molecule has 7 nitrogen and oxygen atoms in total. The number of unbranched alkanes of at least 4 members (excludes halogenated alkanes) is 1. The molecule has 0 amide bonds. The number of methoxy groups -OCH3 is 1. The number of aromatic nitrogens is 4. The van der Waals surface area contributed by atoms with Crippen LogP contribution in [0.5, 0.6) is 0 Å². The number of hydrogen-bond donors (Lipinski definition) is 0. The zero-order valence-electron chi connectivity index (χ0n) is 14.2. The molecule has 0 aliphatic heterocycles. The maximum absolute atomic E-state index is 12.6. The Hall–Kier alpha value is -1.54. The van der Waals surface area contributed by atoms with Crippen molar-refractivity contribution in [2.24, 2.45) is 0 Å². The molecule has 0 aliphatic carbocycles. The van der Waals surface area contributed by atoms with Crippen LogP contribution in [-0.4, -0.2) is 42.1 Å². The summed E-state index contributed by atoms with van der Waals surface area (Å²) in [6.45, 7) is 6.22. The molecule has 24 heavy (non-hydrogen) atoms. The second-order valence-electron chi connectivity index (χ2n) is 5.66. The van der Waals surface area contributed by atoms with Gasteiger partial charge in [-0.3, -0.25) is 9.00 Å². The third kappa shape index (κ3) is 4.10. The largest absolute Gasteiger partial charge is 0.469 e. The Morgan fingerprint density at radius 1 is 1.29 bits per heavy atom. The van der Waals surface area contributed by atoms with E-state index >= 15 is 0 Å². The molecule has 2 heterocycles. The highest BCUT2D eigenvalue weighted by Gasteiger charge is 2.21. The number of hydrogen-bond acceptors (Lipinski definition) is 6. The minimum atomic E-state index is -1.30. The number of nitrogens with zero attached hydrogens (tertiary/aromatic N) is 4. The Morgan fingerprint density at radius 2 is 2.00 bits per heavy atom. The van der Waals surface area contributed by atoms with E-state index in [1.807, 2.05) is 25.3 Å². The van der Waals surface area contributed by atoms with Gasteiger partial charge in [0.1, 0.15) is 11.3 Å². The molecular weight excluding hydrogens is 352 g/mol. The van der Waals surface area contributed by atoms with E-state index in [1.165, 1.54) is 7.11 Å². The van der Waals surface area contributed by atoms with Gasteiger partial charge in [0.15, 0.2) is 10.7 Å². The van der Waals surface area contributed by atoms with Gasteiger partial charge in [0.25, 0.3) is 0 Å². The average Bonchev–Trinajstić information content (AvgIpc) is 2.84. The van der Waals surface area contributed by atoms with Gasteiger partial charge >= 0.3 is 5.97 Å². The summed E-state index contributed by atoms with van der Waals surface area (Å²) in [7, 11) is 0.0759. The third-order valence-corrected chi connectivity index (χ3v) is 5.28. The van der Waals surface area contributed by atoms with Crippen molar-refractivity contribution < 1.29 is 13.7 Å². The third-order valence-electron chi connectivity index (χ3n) is 3.59. The molecule has 132 valence electrons. The number of halogens is 1. The lowest BCUT2D eigenvalue weighted by molar-refractivity contribution is -0.140. The van der Waals surface area contributed by atoms with Gasteiger partial charge in [-0.15, -0.1) is 0 Å². The normalized spacial score (nSPS) is 12.8. The Morgan fingerprint density at radius 3 is 2.62 bits per heavy atom. The van der Waals surface area contributed by atoms with Gasteiger partial charge in [0.05, 0.1) is 17.9 Å². The molecule has 1 atom stereocenters. The lowest BCUT2D eigenvalue weighted by Crippen LogP contribution is -2.12. The summed E-state index contributed by atoms with van der Waals surface area (Å²) in [5, 5.41) is 0.359. The van der Waals surface area contributed by atoms with Crippen molar-refractivity contribution in [2.75, 3.05) is 7.11 Å². The fourth-order valence-electron chi connectivity index (χ4n) is 2.37. The van der Waals surface area contributed by atoms with Crippen LogP contribution in [-0.2, 0) is 26.9 Å². The summed E-state index contributed by atoms with van der Waals surface area (Å²) in [4.78, 5) is 23.9. The monoisotopic (exact) mass is 372 g/mol. The summed E-state index contributed by atoms with van der Waals surface area (Å²) < 4.78 is 19.2. The molecule has 0 bridgehead atoms. The van der Waals surface area contributed by atoms with Crippen molar-refractivity contribution in [3.8, 4) is 0 Å². The molecule has 1 unspecified atom stereocenters. The second-order valence-corrected chi connectivity index (χ2v) is 7.92. The lowest BCUT2D eigenvalue weighted by atomic mass is 10.2. The zero-order valence-corrected chi connectivity index (χ0v) is 15.8. The number of imidazole rings is 1. The van der Waals surface area contributed by atoms with Crippen LogP contribution in [0.4, 0.5) is 0 Å². The quantitative estimate of drug-likeness (QED) is 0.321. The minimum Gasteiger partial charge on any atom is -0.469 e. The van der Waals surface area contributed by atoms with Crippen LogP contribution in [0, 0.1) is 6.92 Å². The van der Waals surface area contributed by atoms with E-state index in [2.05, 4.69) is 19.7 Å². The summed E-state index contributed by atoms with van der Waals surface area (Å²) >= 11 is 5.95. The highest BCUT2D eigenvalue weighted by Crippen LogP contribution is 2.24. The van der Waals surface area contributed by atoms with Crippen molar-refractivity contribution in [3.05, 3.63) is 11.1 Å². The van der Waals surface area contributed by atoms with Crippen molar-refractivity contribution >= 4 is 39.5 Å². The molecule has 0 saturated heterocycles. The first kappa shape index (κ1) is 18.8. The van der Waals surface area contributed by atoms with Crippen LogP contribution in [0.2, 0.25) is 5.28 Å². The van der Waals surface area contributed by atoms with Crippen molar-refractivity contribution in [1.29, 1.82) is 0 Å². The van der Waals surface area contributed by atoms with Gasteiger partial charge in [-0.25, -0.2) is 9.97 Å². The van der Waals surface area contributed by atoms with E-state index in [9.17, 15) is 9.00 Å². The highest BCUT2D eigenvalue weighted by molar-refractivity contribution is 7.85. The lowest BCUT2D eigenvalue weighted by Gasteiger charge is -2.11. The summed E-state index contributed by atoms with van der Waals surface area (Å²) in [5.74, 6) is 0.528. The van der Waals surface area contributed by atoms with Crippen molar-refractivity contribution in [1.82, 2.24) is 19.5 Å². The molecule has 0 N–H and O–H groups in total. The number of ether oxygens (including phenoxy) is 1. The SMILES string of the molecule is COC(=O)CCCCn1c(C)nc2nc(Cl)nc(S(=O)C(C)C)c21. The molecule has 9 heteroatoms. The second kappa shape index (κ2) is 8.02. The molecule has 0 aliphatic rings. The van der Waals surface area contributed by atoms with Crippen LogP contribution >= 0.6 is 11.6 Å². The average molecular weight is 373 g/mol. The highest BCUT2D eigenvalue weighted by atomic mass is 35.5. The van der Waals surface area contributed by atoms with Gasteiger partial charge in [-0.2, -0.15) is 4.98 Å². The maximum atomic E-state index is 12.6. The molecule has 0 radical (unpaired) electrons. The van der Waals surface area contributed by atoms with Crippen LogP contribution in [0.3, 0.4) is 0 Å². The first-order valence-electron chi connectivity index (χ1n) is 7.73. The van der Waals surface area contributed by atoms with E-state index in [0.717, 1.165) is 12.2 Å². The number of carbonyl (C=O) groups excluding carboxylic acids is 1. The first-order valence-corrected chi connectivity index (χ1v) is 9.32. The van der Waals surface area contributed by atoms with E-state index in [4.69, 9.17) is 11.6 Å². The maximum Gasteiger partial charge on any atom is 0.305 e. The van der Waals surface area contributed by atoms with Crippen molar-refractivity contribution in [3.63, 3.8) is 0 Å². The molecule has 0 aromatic carbocycles. The van der Waals surface area contributed by atoms with Gasteiger partial charge in [-0.05, 0) is 31.4 Å². The summed E-state index contributed by atoms with van der Waals surface area (Å²) in [6, 6.07) is 0. The number of esters is 1. The van der Waals surface area contributed by atoms with Gasteiger partial charge in [0.2, 0.25) is 5.28 Å². The molecule has 0 fully saturated rings. The predicted octanol–water partition coefficient (Wildman–Crippen LogP) is 2.65. The predicted molar refractivity (Wildman–Crippen MR) is 92.5 cm³/mol. The minimum absolute atomic E-state index is 0.0434. The Kier molecular flexibility index (Phi) is 6.28. The smallest absolute Gasteiger partial charge is 0.305 e. The molecule has 0 saturated carbocycles. The Balaban J connectivity index is 2.34. The number of rotatable bonds is 7. The Bertz CT molecular complexity index is 776. The van der Waals surface area contributed by atoms with E-state index in [1.54, 1.807) is 0 Å². The van der Waals surface area contributed by atoms with Gasteiger partial charge < -0.3 is 9.30 Å². The van der Waals surface area contributed by atoms with Crippen LogP contribution in [0.15, 0.2) is 5.03 Å². The standard InChI is InChI=1S/C15H21ClN4O3S/c1-9(2)24(22)14-12-13(18-15(16)19-14)17-10(3)20(12)8-6-5-7-11(21)23-4/h9H,5-8H2,1-4H3. The zero-order chi connectivity index (χ0) is 17.9. The van der Waals surface area contributed by atoms with Crippen LogP contribution in [0.1, 0.15) is 38.9 Å². The molecule has 2 rings (SSSR count). The number of fused-ring (bicyclic) bond motifs is 1. The fraction of sp³-hybridized carbons (Fsp3) is 0.600. The molecule has 2 aromatic rings.